The topological polar surface area (TPSA) is 154 Å². The fourth-order valence-electron chi connectivity index (χ4n) is 3.25. The first-order valence-electron chi connectivity index (χ1n) is 11.2. The van der Waals surface area contributed by atoms with Gasteiger partial charge in [0, 0.05) is 5.69 Å². The Kier molecular flexibility index (Phi) is 9.57. The van der Waals surface area contributed by atoms with E-state index >= 15 is 0 Å². The highest BCUT2D eigenvalue weighted by Gasteiger charge is 2.27. The van der Waals surface area contributed by atoms with E-state index in [1.165, 1.54) is 44.4 Å². The summed E-state index contributed by atoms with van der Waals surface area (Å²) in [6, 6.07) is 14.4. The number of methoxy groups -OCH3 is 2. The first-order valence-corrected chi connectivity index (χ1v) is 13.5. The molecule has 0 bridgehead atoms. The molecule has 39 heavy (non-hydrogen) atoms. The summed E-state index contributed by atoms with van der Waals surface area (Å²) in [6.45, 7) is 0.781. The van der Waals surface area contributed by atoms with Crippen LogP contribution in [0.5, 0.6) is 0 Å². The maximum Gasteiger partial charge on any atom is 0.348 e. The molecule has 13 heteroatoms. The standard InChI is InChI=1S/C26H24N2O9S2/c1-16-21(25(31)35-2)23(38-22(16)26(32)36-3)27-20(29)15-37-24(30)18-10-7-11-19(14-18)28-39(33,34)13-12-17-8-5-4-6-9-17/h4-14,28H,15H2,1-3H3,(H,27,29). The summed E-state index contributed by atoms with van der Waals surface area (Å²) in [6.07, 6.45) is 1.42. The van der Waals surface area contributed by atoms with Gasteiger partial charge < -0.3 is 19.5 Å². The maximum absolute atomic E-state index is 12.5. The van der Waals surface area contributed by atoms with Crippen LogP contribution in [0.1, 0.15) is 41.5 Å². The fraction of sp³-hybridized carbons (Fsp3) is 0.154. The molecule has 0 atom stereocenters. The van der Waals surface area contributed by atoms with E-state index in [9.17, 15) is 27.6 Å². The van der Waals surface area contributed by atoms with Crippen molar-refractivity contribution in [3.8, 4) is 0 Å². The SMILES string of the molecule is COC(=O)c1sc(NC(=O)COC(=O)c2cccc(NS(=O)(=O)C=Cc3ccccc3)c2)c(C(=O)OC)c1C. The second kappa shape index (κ2) is 12.8. The van der Waals surface area contributed by atoms with E-state index in [1.54, 1.807) is 24.3 Å². The van der Waals surface area contributed by atoms with Crippen molar-refractivity contribution in [1.29, 1.82) is 0 Å². The van der Waals surface area contributed by atoms with E-state index < -0.39 is 40.4 Å². The summed E-state index contributed by atoms with van der Waals surface area (Å²) in [4.78, 5) is 49.3. The lowest BCUT2D eigenvalue weighted by atomic mass is 10.1. The Bertz CT molecular complexity index is 1530. The van der Waals surface area contributed by atoms with Crippen LogP contribution in [0.15, 0.2) is 60.0 Å². The van der Waals surface area contributed by atoms with Crippen LogP contribution in [0, 0.1) is 6.92 Å². The van der Waals surface area contributed by atoms with Crippen molar-refractivity contribution in [3.63, 3.8) is 0 Å². The molecular weight excluding hydrogens is 548 g/mol. The Morgan fingerprint density at radius 1 is 0.923 bits per heavy atom. The fourth-order valence-corrected chi connectivity index (χ4v) is 5.24. The van der Waals surface area contributed by atoms with Gasteiger partial charge in [0.1, 0.15) is 9.88 Å². The molecule has 2 N–H and O–H groups in total. The average Bonchev–Trinajstić information content (AvgIpc) is 3.25. The number of sulfonamides is 1. The number of carbonyl (C=O) groups is 4. The zero-order chi connectivity index (χ0) is 28.6. The smallest absolute Gasteiger partial charge is 0.348 e. The monoisotopic (exact) mass is 572 g/mol. The number of hydrogen-bond donors (Lipinski definition) is 2. The molecule has 204 valence electrons. The molecule has 0 radical (unpaired) electrons. The molecule has 1 heterocycles. The largest absolute Gasteiger partial charge is 0.465 e. The van der Waals surface area contributed by atoms with Gasteiger partial charge in [-0.25, -0.2) is 22.8 Å². The first kappa shape index (κ1) is 29.1. The van der Waals surface area contributed by atoms with Crippen LogP contribution in [0.2, 0.25) is 0 Å². The Balaban J connectivity index is 1.65. The summed E-state index contributed by atoms with van der Waals surface area (Å²) >= 11 is 0.813. The third-order valence-corrected chi connectivity index (χ3v) is 7.29. The van der Waals surface area contributed by atoms with E-state index in [-0.39, 0.29) is 32.3 Å². The molecule has 11 nitrogen and oxygen atoms in total. The molecule has 0 aliphatic heterocycles. The minimum Gasteiger partial charge on any atom is -0.465 e. The van der Waals surface area contributed by atoms with Gasteiger partial charge in [0.25, 0.3) is 15.9 Å². The molecule has 3 rings (SSSR count). The van der Waals surface area contributed by atoms with Gasteiger partial charge in [0.15, 0.2) is 6.61 Å². The van der Waals surface area contributed by atoms with Crippen LogP contribution < -0.4 is 10.0 Å². The van der Waals surface area contributed by atoms with Crippen LogP contribution in [0.4, 0.5) is 10.7 Å². The number of ether oxygens (including phenoxy) is 3. The van der Waals surface area contributed by atoms with Crippen LogP contribution >= 0.6 is 11.3 Å². The molecule has 0 aliphatic carbocycles. The summed E-state index contributed by atoms with van der Waals surface area (Å²) in [5, 5.41) is 3.46. The van der Waals surface area contributed by atoms with E-state index in [0.29, 0.717) is 5.56 Å². The molecule has 2 aromatic carbocycles. The molecule has 0 spiro atoms. The van der Waals surface area contributed by atoms with E-state index in [2.05, 4.69) is 10.0 Å². The summed E-state index contributed by atoms with van der Waals surface area (Å²) in [5.41, 5.74) is 1.04. The molecule has 0 unspecified atom stereocenters. The lowest BCUT2D eigenvalue weighted by Gasteiger charge is -2.09. The van der Waals surface area contributed by atoms with Gasteiger partial charge >= 0.3 is 17.9 Å². The van der Waals surface area contributed by atoms with Gasteiger partial charge in [-0.15, -0.1) is 11.3 Å². The van der Waals surface area contributed by atoms with Crippen LogP contribution in [0.3, 0.4) is 0 Å². The second-order valence-electron chi connectivity index (χ2n) is 7.81. The molecule has 1 aromatic heterocycles. The quantitative estimate of drug-likeness (QED) is 0.272. The van der Waals surface area contributed by atoms with Crippen molar-refractivity contribution >= 4 is 61.9 Å². The number of carbonyl (C=O) groups excluding carboxylic acids is 4. The van der Waals surface area contributed by atoms with Gasteiger partial charge in [-0.2, -0.15) is 0 Å². The van der Waals surface area contributed by atoms with Gasteiger partial charge in [-0.1, -0.05) is 36.4 Å². The van der Waals surface area contributed by atoms with Crippen LogP contribution in [0.25, 0.3) is 6.08 Å². The van der Waals surface area contributed by atoms with Crippen molar-refractivity contribution < 1.29 is 41.8 Å². The normalized spacial score (nSPS) is 11.1. The minimum absolute atomic E-state index is 0.00904. The van der Waals surface area contributed by atoms with E-state index in [0.717, 1.165) is 23.9 Å². The molecule has 0 aliphatic rings. The second-order valence-corrected chi connectivity index (χ2v) is 10.4. The number of rotatable bonds is 10. The molecule has 1 amide bonds. The van der Waals surface area contributed by atoms with Gasteiger partial charge in [0.05, 0.1) is 30.8 Å². The zero-order valence-corrected chi connectivity index (χ0v) is 22.7. The highest BCUT2D eigenvalue weighted by Crippen LogP contribution is 2.34. The molecule has 0 fully saturated rings. The Morgan fingerprint density at radius 2 is 1.62 bits per heavy atom. The summed E-state index contributed by atoms with van der Waals surface area (Å²) in [5.74, 6) is -3.14. The lowest BCUT2D eigenvalue weighted by molar-refractivity contribution is -0.119. The van der Waals surface area contributed by atoms with Crippen LogP contribution in [-0.4, -0.2) is 53.1 Å². The average molecular weight is 573 g/mol. The maximum atomic E-state index is 12.5. The van der Waals surface area contributed by atoms with Gasteiger partial charge in [-0.3, -0.25) is 9.52 Å². The Labute approximate surface area is 228 Å². The number of hydrogen-bond acceptors (Lipinski definition) is 10. The number of benzene rings is 2. The number of amides is 1. The summed E-state index contributed by atoms with van der Waals surface area (Å²) in [7, 11) is -1.54. The van der Waals surface area contributed by atoms with E-state index in [1.807, 2.05) is 6.07 Å². The van der Waals surface area contributed by atoms with Crippen LogP contribution in [-0.2, 0) is 29.0 Å². The summed E-state index contributed by atoms with van der Waals surface area (Å²) < 4.78 is 41.6. The third-order valence-electron chi connectivity index (χ3n) is 5.09. The third kappa shape index (κ3) is 7.75. The molecular formula is C26H24N2O9S2. The predicted octanol–water partition coefficient (Wildman–Crippen LogP) is 3.84. The van der Waals surface area contributed by atoms with Crippen molar-refractivity contribution in [2.75, 3.05) is 30.9 Å². The first-order chi connectivity index (χ1) is 18.5. The molecule has 3 aromatic rings. The van der Waals surface area contributed by atoms with Crippen molar-refractivity contribution in [3.05, 3.63) is 87.1 Å². The lowest BCUT2D eigenvalue weighted by Crippen LogP contribution is -2.21. The van der Waals surface area contributed by atoms with Gasteiger partial charge in [-0.05, 0) is 42.3 Å². The Morgan fingerprint density at radius 3 is 2.28 bits per heavy atom. The minimum atomic E-state index is -3.88. The molecule has 0 saturated carbocycles. The van der Waals surface area contributed by atoms with Crippen molar-refractivity contribution in [1.82, 2.24) is 0 Å². The Hall–Kier alpha value is -4.49. The molecule has 0 saturated heterocycles. The zero-order valence-electron chi connectivity index (χ0n) is 21.0. The number of thiophene rings is 1. The highest BCUT2D eigenvalue weighted by molar-refractivity contribution is 7.95. The number of esters is 3. The number of anilines is 2. The highest BCUT2D eigenvalue weighted by atomic mass is 32.2. The van der Waals surface area contributed by atoms with E-state index in [4.69, 9.17) is 14.2 Å². The number of nitrogens with one attached hydrogen (secondary N) is 2. The van der Waals surface area contributed by atoms with Gasteiger partial charge in [0.2, 0.25) is 0 Å². The van der Waals surface area contributed by atoms with Crippen molar-refractivity contribution in [2.24, 2.45) is 0 Å². The predicted molar refractivity (Wildman–Crippen MR) is 145 cm³/mol. The van der Waals surface area contributed by atoms with Crippen molar-refractivity contribution in [2.45, 2.75) is 6.92 Å².